The van der Waals surface area contributed by atoms with E-state index in [9.17, 15) is 9.59 Å². The molecule has 0 bridgehead atoms. The fourth-order valence-electron chi connectivity index (χ4n) is 3.15. The molecule has 148 valence electrons. The molecule has 0 amide bonds. The van der Waals surface area contributed by atoms with E-state index < -0.39 is 25.9 Å². The first-order valence-electron chi connectivity index (χ1n) is 9.24. The van der Waals surface area contributed by atoms with Crippen molar-refractivity contribution in [1.29, 1.82) is 0 Å². The van der Waals surface area contributed by atoms with Gasteiger partial charge in [0.2, 0.25) is 0 Å². The molecule has 27 heavy (non-hydrogen) atoms. The van der Waals surface area contributed by atoms with Crippen LogP contribution in [0.15, 0.2) is 39.1 Å². The molecule has 2 rings (SSSR count). The monoisotopic (exact) mass is 391 g/mol. The highest BCUT2D eigenvalue weighted by atomic mass is 28.3. The van der Waals surface area contributed by atoms with E-state index in [1.165, 1.54) is 0 Å². The van der Waals surface area contributed by atoms with Gasteiger partial charge in [0.25, 0.3) is 0 Å². The highest BCUT2D eigenvalue weighted by Gasteiger charge is 2.40. The third-order valence-corrected chi connectivity index (χ3v) is 6.15. The summed E-state index contributed by atoms with van der Waals surface area (Å²) in [6, 6.07) is 3.79. The largest absolute Gasteiger partial charge is 0.470 e. The van der Waals surface area contributed by atoms with Gasteiger partial charge in [0, 0.05) is 11.4 Å². The third-order valence-electron chi connectivity index (χ3n) is 4.40. The Labute approximate surface area is 161 Å². The van der Waals surface area contributed by atoms with E-state index in [1.807, 2.05) is 12.1 Å². The first kappa shape index (κ1) is 21.0. The maximum Gasteiger partial charge on any atom is 0.336 e. The van der Waals surface area contributed by atoms with Crippen molar-refractivity contribution in [1.82, 2.24) is 5.32 Å². The van der Waals surface area contributed by atoms with Gasteiger partial charge in [-0.1, -0.05) is 19.6 Å². The number of furan rings is 1. The summed E-state index contributed by atoms with van der Waals surface area (Å²) in [5.41, 5.74) is 2.05. The molecular formula is C20H29NO5Si. The topological polar surface area (TPSA) is 77.8 Å². The van der Waals surface area contributed by atoms with E-state index in [-0.39, 0.29) is 13.2 Å². The number of rotatable bonds is 6. The van der Waals surface area contributed by atoms with Crippen molar-refractivity contribution in [3.05, 3.63) is 40.4 Å². The first-order valence-corrected chi connectivity index (χ1v) is 12.7. The number of carbonyl (C=O) groups excluding carboxylic acids is 2. The summed E-state index contributed by atoms with van der Waals surface area (Å²) in [6.07, 6.45) is 0. The quantitative estimate of drug-likeness (QED) is 0.593. The Morgan fingerprint density at radius 2 is 1.48 bits per heavy atom. The van der Waals surface area contributed by atoms with E-state index in [4.69, 9.17) is 13.9 Å². The standard InChI is InChI=1S/C20H29NO5Si/c1-8-24-19(22)16-12(3)21-13(4)17(20(23)25-9-2)18(16)14-10-11-15(26-14)27(5,6)7/h10-11,18,21H,8-9H2,1-7H3. The average molecular weight is 392 g/mol. The summed E-state index contributed by atoms with van der Waals surface area (Å²) in [7, 11) is -1.69. The van der Waals surface area contributed by atoms with Crippen molar-refractivity contribution in [2.45, 2.75) is 53.3 Å². The lowest BCUT2D eigenvalue weighted by molar-refractivity contribution is -0.139. The normalized spacial score (nSPS) is 15.7. The number of carbonyl (C=O) groups is 2. The van der Waals surface area contributed by atoms with Crippen LogP contribution in [0.1, 0.15) is 39.4 Å². The molecule has 0 aromatic carbocycles. The molecular weight excluding hydrogens is 362 g/mol. The van der Waals surface area contributed by atoms with Crippen molar-refractivity contribution >= 4 is 25.4 Å². The Morgan fingerprint density at radius 3 is 1.85 bits per heavy atom. The van der Waals surface area contributed by atoms with Gasteiger partial charge in [-0.25, -0.2) is 9.59 Å². The predicted octanol–water partition coefficient (Wildman–Crippen LogP) is 3.19. The van der Waals surface area contributed by atoms with E-state index in [0.29, 0.717) is 28.3 Å². The third kappa shape index (κ3) is 4.35. The van der Waals surface area contributed by atoms with E-state index >= 15 is 0 Å². The molecule has 0 fully saturated rings. The fraction of sp³-hybridized carbons (Fsp3) is 0.500. The zero-order chi connectivity index (χ0) is 20.4. The van der Waals surface area contributed by atoms with Crippen molar-refractivity contribution in [2.75, 3.05) is 13.2 Å². The van der Waals surface area contributed by atoms with Gasteiger partial charge in [-0.3, -0.25) is 0 Å². The molecule has 1 aliphatic heterocycles. The molecule has 0 unspecified atom stereocenters. The van der Waals surface area contributed by atoms with Gasteiger partial charge in [-0.2, -0.15) is 0 Å². The predicted molar refractivity (Wildman–Crippen MR) is 106 cm³/mol. The van der Waals surface area contributed by atoms with Crippen LogP contribution in [0.25, 0.3) is 0 Å². The Hall–Kier alpha value is -2.28. The van der Waals surface area contributed by atoms with Gasteiger partial charge in [-0.15, -0.1) is 0 Å². The Morgan fingerprint density at radius 1 is 1.00 bits per heavy atom. The number of dihydropyridines is 1. The molecule has 0 saturated carbocycles. The SMILES string of the molecule is CCOC(=O)C1=C(C)NC(C)=C(C(=O)OCC)C1c1ccc([Si](C)(C)C)o1. The molecule has 0 aliphatic carbocycles. The molecule has 0 saturated heterocycles. The van der Waals surface area contributed by atoms with Crippen LogP contribution in [0.5, 0.6) is 0 Å². The van der Waals surface area contributed by atoms with E-state index in [2.05, 4.69) is 25.0 Å². The fourth-order valence-corrected chi connectivity index (χ4v) is 4.16. The van der Waals surface area contributed by atoms with Crippen molar-refractivity contribution in [2.24, 2.45) is 0 Å². The maximum atomic E-state index is 12.7. The van der Waals surface area contributed by atoms with Gasteiger partial charge >= 0.3 is 11.9 Å². The van der Waals surface area contributed by atoms with Gasteiger partial charge < -0.3 is 19.2 Å². The molecule has 0 atom stereocenters. The van der Waals surface area contributed by atoms with Gasteiger partial charge in [0.15, 0.2) is 0 Å². The Bertz CT molecular complexity index is 758. The second-order valence-electron chi connectivity index (χ2n) is 7.53. The van der Waals surface area contributed by atoms with Crippen LogP contribution in [-0.4, -0.2) is 33.2 Å². The van der Waals surface area contributed by atoms with Gasteiger partial charge in [-0.05, 0) is 39.8 Å². The van der Waals surface area contributed by atoms with Gasteiger partial charge in [0.05, 0.1) is 35.7 Å². The number of allylic oxidation sites excluding steroid dienone is 2. The lowest BCUT2D eigenvalue weighted by Crippen LogP contribution is -2.36. The zero-order valence-electron chi connectivity index (χ0n) is 17.2. The molecule has 7 heteroatoms. The molecule has 0 radical (unpaired) electrons. The highest BCUT2D eigenvalue weighted by Crippen LogP contribution is 2.39. The second-order valence-corrected chi connectivity index (χ2v) is 12.5. The van der Waals surface area contributed by atoms with Crippen LogP contribution in [0, 0.1) is 0 Å². The minimum Gasteiger partial charge on any atom is -0.470 e. The summed E-state index contributed by atoms with van der Waals surface area (Å²) in [5, 5.41) is 4.03. The maximum absolute atomic E-state index is 12.7. The van der Waals surface area contributed by atoms with Crippen LogP contribution in [0.2, 0.25) is 19.6 Å². The van der Waals surface area contributed by atoms with Crippen molar-refractivity contribution < 1.29 is 23.5 Å². The average Bonchev–Trinajstić information content (AvgIpc) is 3.04. The first-order chi connectivity index (χ1) is 12.6. The molecule has 1 aliphatic rings. The number of esters is 2. The van der Waals surface area contributed by atoms with Crippen LogP contribution < -0.4 is 10.7 Å². The summed E-state index contributed by atoms with van der Waals surface area (Å²) >= 11 is 0. The van der Waals surface area contributed by atoms with Crippen LogP contribution in [-0.2, 0) is 19.1 Å². The number of nitrogens with one attached hydrogen (secondary N) is 1. The minimum absolute atomic E-state index is 0.248. The summed E-state index contributed by atoms with van der Waals surface area (Å²) in [5.74, 6) is -1.03. The molecule has 6 nitrogen and oxygen atoms in total. The summed E-state index contributed by atoms with van der Waals surface area (Å²) in [6.45, 7) is 14.1. The molecule has 2 heterocycles. The summed E-state index contributed by atoms with van der Waals surface area (Å²) in [4.78, 5) is 25.4. The number of ether oxygens (including phenoxy) is 2. The van der Waals surface area contributed by atoms with E-state index in [0.717, 1.165) is 5.38 Å². The van der Waals surface area contributed by atoms with Crippen molar-refractivity contribution in [3.8, 4) is 0 Å². The second kappa shape index (κ2) is 8.16. The Balaban J connectivity index is 2.63. The zero-order valence-corrected chi connectivity index (χ0v) is 18.2. The smallest absolute Gasteiger partial charge is 0.336 e. The number of hydrogen-bond acceptors (Lipinski definition) is 6. The minimum atomic E-state index is -1.69. The van der Waals surface area contributed by atoms with Gasteiger partial charge in [0.1, 0.15) is 13.8 Å². The van der Waals surface area contributed by atoms with Crippen LogP contribution in [0.4, 0.5) is 0 Å². The van der Waals surface area contributed by atoms with Crippen LogP contribution in [0.3, 0.4) is 0 Å². The Kier molecular flexibility index (Phi) is 6.36. The van der Waals surface area contributed by atoms with Crippen molar-refractivity contribution in [3.63, 3.8) is 0 Å². The molecule has 1 aromatic heterocycles. The lowest BCUT2D eigenvalue weighted by Gasteiger charge is -2.29. The molecule has 1 aromatic rings. The highest BCUT2D eigenvalue weighted by molar-refractivity contribution is 6.87. The lowest BCUT2D eigenvalue weighted by atomic mass is 9.83. The molecule has 0 spiro atoms. The van der Waals surface area contributed by atoms with E-state index in [1.54, 1.807) is 27.7 Å². The summed E-state index contributed by atoms with van der Waals surface area (Å²) < 4.78 is 16.7. The number of hydrogen-bond donors (Lipinski definition) is 1. The molecule has 1 N–H and O–H groups in total. The van der Waals surface area contributed by atoms with Crippen LogP contribution >= 0.6 is 0 Å².